The van der Waals surface area contributed by atoms with E-state index < -0.39 is 42.6 Å². The molecule has 0 radical (unpaired) electrons. The first-order valence-corrected chi connectivity index (χ1v) is 17.4. The third kappa shape index (κ3) is 9.38. The number of aliphatic hydroxyl groups excluding tert-OH is 1. The van der Waals surface area contributed by atoms with Crippen molar-refractivity contribution in [3.05, 3.63) is 21.0 Å². The van der Waals surface area contributed by atoms with Crippen LogP contribution in [0.5, 0.6) is 0 Å². The number of nitrogen functional groups attached to an aromatic ring is 1. The van der Waals surface area contributed by atoms with Gasteiger partial charge in [-0.1, -0.05) is 65.1 Å². The highest BCUT2D eigenvalue weighted by molar-refractivity contribution is 9.10. The van der Waals surface area contributed by atoms with Crippen molar-refractivity contribution in [3.8, 4) is 0 Å². The summed E-state index contributed by atoms with van der Waals surface area (Å²) >= 11 is 5.45. The maximum Gasteiger partial charge on any atom is 0.474 e. The van der Waals surface area contributed by atoms with Crippen LogP contribution in [0.25, 0.3) is 11.0 Å². The van der Waals surface area contributed by atoms with Crippen molar-refractivity contribution in [2.45, 2.75) is 66.4 Å². The molecule has 2 aromatic heterocycles. The summed E-state index contributed by atoms with van der Waals surface area (Å²) in [5.74, 6) is 0.373. The van der Waals surface area contributed by atoms with E-state index in [2.05, 4.69) is 25.9 Å². The van der Waals surface area contributed by atoms with E-state index in [1.807, 2.05) is 0 Å². The van der Waals surface area contributed by atoms with Gasteiger partial charge in [-0.3, -0.25) is 32.9 Å². The highest BCUT2D eigenvalue weighted by Crippen LogP contribution is 2.50. The molecule has 0 spiro atoms. The van der Waals surface area contributed by atoms with E-state index in [0.29, 0.717) is 4.47 Å². The van der Waals surface area contributed by atoms with E-state index in [1.165, 1.54) is 4.57 Å². The second-order valence-corrected chi connectivity index (χ2v) is 16.3. The second-order valence-electron chi connectivity index (χ2n) is 11.7. The number of aromatic nitrogens is 3. The van der Waals surface area contributed by atoms with Gasteiger partial charge in [-0.25, -0.2) is 4.57 Å². The molecule has 3 atom stereocenters. The molecule has 42 heavy (non-hydrogen) atoms. The van der Waals surface area contributed by atoms with E-state index in [4.69, 9.17) is 24.0 Å². The van der Waals surface area contributed by atoms with Crippen LogP contribution in [0.2, 0.25) is 0 Å². The van der Waals surface area contributed by atoms with Crippen molar-refractivity contribution in [2.75, 3.05) is 37.1 Å². The lowest BCUT2D eigenvalue weighted by Crippen LogP contribution is -2.20. The number of fused-ring (bicyclic) bond motifs is 1. The molecule has 3 rings (SSSR count). The Balaban J connectivity index is 1.65. The van der Waals surface area contributed by atoms with Gasteiger partial charge >= 0.3 is 7.82 Å². The van der Waals surface area contributed by atoms with Crippen LogP contribution < -0.4 is 11.3 Å². The molecule has 0 bridgehead atoms. The number of carbonyl (C=O) groups excluding carboxylic acids is 2. The number of ether oxygens (including phenoxy) is 1. The molecule has 3 heterocycles. The summed E-state index contributed by atoms with van der Waals surface area (Å²) in [6.45, 7) is 10.4. The van der Waals surface area contributed by atoms with Gasteiger partial charge in [0.05, 0.1) is 35.8 Å². The molecule has 1 fully saturated rings. The van der Waals surface area contributed by atoms with Gasteiger partial charge in [0.15, 0.2) is 22.1 Å². The zero-order chi connectivity index (χ0) is 31.5. The molecule has 0 saturated carbocycles. The van der Waals surface area contributed by atoms with E-state index in [0.717, 1.165) is 23.5 Å². The van der Waals surface area contributed by atoms with Gasteiger partial charge in [0.1, 0.15) is 6.10 Å². The summed E-state index contributed by atoms with van der Waals surface area (Å²) in [7, 11) is -4.13. The molecule has 17 heteroatoms. The predicted molar refractivity (Wildman–Crippen MR) is 166 cm³/mol. The van der Waals surface area contributed by atoms with Crippen molar-refractivity contribution in [3.63, 3.8) is 0 Å². The second kappa shape index (κ2) is 14.2. The molecule has 1 saturated heterocycles. The third-order valence-corrected chi connectivity index (χ3v) is 10.4. The monoisotopic (exact) mass is 712 g/mol. The molecule has 2 aromatic rings. The maximum absolute atomic E-state index is 13.5. The number of phosphoric acid groups is 1. The van der Waals surface area contributed by atoms with E-state index >= 15 is 0 Å². The zero-order valence-electron chi connectivity index (χ0n) is 24.4. The van der Waals surface area contributed by atoms with Crippen molar-refractivity contribution in [2.24, 2.45) is 10.8 Å². The largest absolute Gasteiger partial charge is 0.474 e. The molecule has 1 unspecified atom stereocenters. The first-order valence-electron chi connectivity index (χ1n) is 13.2. The fourth-order valence-electron chi connectivity index (χ4n) is 3.70. The van der Waals surface area contributed by atoms with Crippen LogP contribution in [-0.4, -0.2) is 73.4 Å². The number of phosphoric ester groups is 1. The predicted octanol–water partition coefficient (Wildman–Crippen LogP) is 4.49. The fourth-order valence-corrected chi connectivity index (χ4v) is 7.29. The lowest BCUT2D eigenvalue weighted by atomic mass is 9.99. The molecule has 4 N–H and O–H groups in total. The SMILES string of the molecule is CC(C)(C)C(=O)SCCOP(=O)(OCCSC(=O)C(C)(C)C)OC[C@@H]1C[C@@H](O)C(n2cc(Br)c3c(=O)[nH]c(N)nc32)O1. The number of halogens is 1. The molecule has 1 aliphatic rings. The quantitative estimate of drug-likeness (QED) is 0.207. The number of hydrogen-bond donors (Lipinski definition) is 3. The topological polar surface area (TPSA) is 185 Å². The van der Waals surface area contributed by atoms with Gasteiger partial charge < -0.3 is 20.1 Å². The van der Waals surface area contributed by atoms with Gasteiger partial charge in [0.2, 0.25) is 5.95 Å². The third-order valence-electron chi connectivity index (χ3n) is 5.87. The molecule has 0 aromatic carbocycles. The van der Waals surface area contributed by atoms with Crippen LogP contribution in [-0.2, 0) is 32.5 Å². The maximum atomic E-state index is 13.5. The molecule has 1 aliphatic heterocycles. The van der Waals surface area contributed by atoms with Crippen LogP contribution in [0.3, 0.4) is 0 Å². The molecule has 0 amide bonds. The highest BCUT2D eigenvalue weighted by atomic mass is 79.9. The number of nitrogens with zero attached hydrogens (tertiary/aromatic N) is 2. The Kier molecular flexibility index (Phi) is 12.0. The summed E-state index contributed by atoms with van der Waals surface area (Å²) in [4.78, 5) is 43.4. The number of aromatic amines is 1. The van der Waals surface area contributed by atoms with Crippen molar-refractivity contribution in [1.82, 2.24) is 14.5 Å². The summed E-state index contributed by atoms with van der Waals surface area (Å²) in [5, 5.41) is 10.9. The lowest BCUT2D eigenvalue weighted by Gasteiger charge is -2.21. The lowest BCUT2D eigenvalue weighted by molar-refractivity contribution is -0.118. The number of nitrogens with one attached hydrogen (secondary N) is 1. The van der Waals surface area contributed by atoms with E-state index in [1.54, 1.807) is 47.7 Å². The molecular weight excluding hydrogens is 675 g/mol. The number of carbonyl (C=O) groups is 2. The number of H-pyrrole nitrogens is 1. The Morgan fingerprint density at radius 2 is 1.69 bits per heavy atom. The van der Waals surface area contributed by atoms with Gasteiger partial charge in [-0.05, 0) is 15.9 Å². The fraction of sp³-hybridized carbons (Fsp3) is 0.680. The van der Waals surface area contributed by atoms with Crippen LogP contribution in [0.4, 0.5) is 5.95 Å². The van der Waals surface area contributed by atoms with Crippen molar-refractivity contribution in [1.29, 1.82) is 0 Å². The van der Waals surface area contributed by atoms with Crippen LogP contribution in [0, 0.1) is 10.8 Å². The Morgan fingerprint density at radius 1 is 1.14 bits per heavy atom. The number of anilines is 1. The first kappa shape index (κ1) is 35.3. The van der Waals surface area contributed by atoms with Crippen LogP contribution in [0.1, 0.15) is 54.2 Å². The normalized spacial score (nSPS) is 20.0. The number of rotatable bonds is 12. The Bertz CT molecular complexity index is 1350. The Labute approximate surface area is 261 Å². The number of aliphatic hydroxyl groups is 1. The standard InChI is InChI=1S/C25H38BrN4O9PS2/c1-24(2,3)21(33)41-9-7-36-40(35,37-8-10-42-22(34)25(4,5)6)38-13-14-11-16(31)20(39-14)30-12-15(26)17-18(30)28-23(27)29-19(17)32/h12,14,16,20,31H,7-11,13H2,1-6H3,(H3,27,28,29,32)/t14-,16+,20?/m0/s1. The number of nitrogens with two attached hydrogens (primary N) is 1. The zero-order valence-corrected chi connectivity index (χ0v) is 28.5. The Morgan fingerprint density at radius 3 is 2.21 bits per heavy atom. The number of thioether (sulfide) groups is 2. The summed E-state index contributed by atoms with van der Waals surface area (Å²) in [5.41, 5.74) is 4.41. The van der Waals surface area contributed by atoms with Gasteiger partial charge in [0.25, 0.3) is 5.56 Å². The minimum Gasteiger partial charge on any atom is -0.388 e. The minimum absolute atomic E-state index is 0.0401. The van der Waals surface area contributed by atoms with Gasteiger partial charge in [0, 0.05) is 35.0 Å². The van der Waals surface area contributed by atoms with Gasteiger partial charge in [-0.15, -0.1) is 0 Å². The van der Waals surface area contributed by atoms with Crippen LogP contribution >= 0.6 is 47.3 Å². The average Bonchev–Trinajstić information content (AvgIpc) is 3.40. The molecule has 236 valence electrons. The highest BCUT2D eigenvalue weighted by Gasteiger charge is 2.39. The minimum atomic E-state index is -4.13. The van der Waals surface area contributed by atoms with E-state index in [9.17, 15) is 24.1 Å². The smallest absolute Gasteiger partial charge is 0.388 e. The summed E-state index contributed by atoms with van der Waals surface area (Å²) in [6, 6.07) is 0. The van der Waals surface area contributed by atoms with Gasteiger partial charge in [-0.2, -0.15) is 4.98 Å². The van der Waals surface area contributed by atoms with E-state index in [-0.39, 0.29) is 65.0 Å². The van der Waals surface area contributed by atoms with Crippen molar-refractivity contribution < 1.29 is 37.6 Å². The molecule has 0 aliphatic carbocycles. The van der Waals surface area contributed by atoms with Crippen LogP contribution in [0.15, 0.2) is 15.5 Å². The summed E-state index contributed by atoms with van der Waals surface area (Å²) in [6.07, 6.45) is -0.971. The number of hydrogen-bond acceptors (Lipinski definition) is 13. The summed E-state index contributed by atoms with van der Waals surface area (Å²) < 4.78 is 38.0. The average molecular weight is 714 g/mol. The first-order chi connectivity index (χ1) is 19.4. The molecular formula is C25H38BrN4O9PS2. The Hall–Kier alpha value is -1.23. The molecule has 13 nitrogen and oxygen atoms in total. The van der Waals surface area contributed by atoms with Crippen molar-refractivity contribution >= 4 is 74.5 Å².